The maximum absolute atomic E-state index is 12.8. The molecule has 1 aliphatic rings. The number of hydrogen-bond acceptors (Lipinski definition) is 4. The lowest BCUT2D eigenvalue weighted by Crippen LogP contribution is -2.47. The van der Waals surface area contributed by atoms with E-state index < -0.39 is 5.69 Å². The Morgan fingerprint density at radius 1 is 1.19 bits per heavy atom. The second kappa shape index (κ2) is 8.97. The molecular weight excluding hydrogens is 342 g/mol. The lowest BCUT2D eigenvalue weighted by atomic mass is 9.94. The van der Waals surface area contributed by atoms with Crippen molar-refractivity contribution >= 4 is 6.03 Å². The first-order chi connectivity index (χ1) is 13.1. The van der Waals surface area contributed by atoms with Crippen molar-refractivity contribution in [1.29, 1.82) is 0 Å². The number of tetrazole rings is 1. The summed E-state index contributed by atoms with van der Waals surface area (Å²) >= 11 is 0. The Morgan fingerprint density at radius 3 is 2.56 bits per heavy atom. The molecule has 27 heavy (non-hydrogen) atoms. The van der Waals surface area contributed by atoms with Gasteiger partial charge in [-0.15, -0.1) is 4.68 Å². The zero-order valence-corrected chi connectivity index (χ0v) is 16.3. The molecule has 0 spiro atoms. The molecule has 2 aromatic rings. The highest BCUT2D eigenvalue weighted by atomic mass is 16.2. The Bertz CT molecular complexity index is 792. The van der Waals surface area contributed by atoms with Crippen LogP contribution in [-0.2, 0) is 6.54 Å². The van der Waals surface area contributed by atoms with Gasteiger partial charge in [0.05, 0.1) is 0 Å². The van der Waals surface area contributed by atoms with Gasteiger partial charge in [0.1, 0.15) is 0 Å². The van der Waals surface area contributed by atoms with Crippen molar-refractivity contribution in [2.24, 2.45) is 0 Å². The van der Waals surface area contributed by atoms with Crippen LogP contribution in [0.15, 0.2) is 35.1 Å². The minimum absolute atomic E-state index is 0.200. The maximum Gasteiger partial charge on any atom is 0.372 e. The molecule has 0 saturated heterocycles. The Balaban J connectivity index is 1.67. The zero-order valence-electron chi connectivity index (χ0n) is 16.3. The Hall–Kier alpha value is -2.44. The highest BCUT2D eigenvalue weighted by Crippen LogP contribution is 2.23. The smallest absolute Gasteiger partial charge is 0.320 e. The third kappa shape index (κ3) is 4.46. The maximum atomic E-state index is 12.8. The van der Waals surface area contributed by atoms with E-state index in [1.54, 1.807) is 4.90 Å². The molecule has 1 aromatic heterocycles. The molecule has 1 heterocycles. The van der Waals surface area contributed by atoms with Gasteiger partial charge in [0.15, 0.2) is 0 Å². The van der Waals surface area contributed by atoms with E-state index >= 15 is 0 Å². The van der Waals surface area contributed by atoms with Crippen LogP contribution in [0, 0.1) is 0 Å². The highest BCUT2D eigenvalue weighted by Gasteiger charge is 2.27. The molecule has 1 amide bonds. The van der Waals surface area contributed by atoms with Crippen molar-refractivity contribution in [2.75, 3.05) is 6.54 Å². The molecule has 0 radical (unpaired) electrons. The number of carbonyl (C=O) groups excluding carboxylic acids is 1. The lowest BCUT2D eigenvalue weighted by molar-refractivity contribution is 0.157. The van der Waals surface area contributed by atoms with Crippen molar-refractivity contribution in [2.45, 2.75) is 70.9 Å². The molecule has 1 atom stereocenters. The molecule has 0 aliphatic heterocycles. The summed E-state index contributed by atoms with van der Waals surface area (Å²) in [5, 5.41) is 7.79. The number of rotatable bonds is 6. The molecule has 1 fully saturated rings. The van der Waals surface area contributed by atoms with E-state index in [2.05, 4.69) is 29.5 Å². The number of carbonyl (C=O) groups is 1. The molecular formula is C20H29N5O2. The summed E-state index contributed by atoms with van der Waals surface area (Å²) in [6.07, 6.45) is 6.24. The first kappa shape index (κ1) is 19.3. The van der Waals surface area contributed by atoms with E-state index in [1.165, 1.54) is 16.7 Å². The largest absolute Gasteiger partial charge is 0.372 e. The molecule has 1 aromatic carbocycles. The first-order valence-electron chi connectivity index (χ1n) is 10.0. The lowest BCUT2D eigenvalue weighted by Gasteiger charge is -2.32. The van der Waals surface area contributed by atoms with Crippen LogP contribution in [0.1, 0.15) is 63.9 Å². The standard InChI is InChI=1S/C20H29N5O2/c1-3-23(18-12-8-5-9-13-18)19(26)25-20(27)24(21-22-25)15-14-16(2)17-10-6-4-7-11-17/h4,6-7,10-11,16,18H,3,5,8-9,12-15H2,1-2H3. The van der Waals surface area contributed by atoms with E-state index in [4.69, 9.17) is 0 Å². The quantitative estimate of drug-likeness (QED) is 0.731. The van der Waals surface area contributed by atoms with Crippen molar-refractivity contribution < 1.29 is 4.79 Å². The fourth-order valence-corrected chi connectivity index (χ4v) is 3.86. The van der Waals surface area contributed by atoms with Crippen LogP contribution >= 0.6 is 0 Å². The summed E-state index contributed by atoms with van der Waals surface area (Å²) in [7, 11) is 0. The third-order valence-electron chi connectivity index (χ3n) is 5.56. The fraction of sp³-hybridized carbons (Fsp3) is 0.600. The summed E-state index contributed by atoms with van der Waals surface area (Å²) in [5.74, 6) is 0.299. The molecule has 1 unspecified atom stereocenters. The van der Waals surface area contributed by atoms with Crippen molar-refractivity contribution in [3.63, 3.8) is 0 Å². The van der Waals surface area contributed by atoms with Crippen LogP contribution in [0.4, 0.5) is 4.79 Å². The summed E-state index contributed by atoms with van der Waals surface area (Å²) in [4.78, 5) is 27.2. The Kier molecular flexibility index (Phi) is 6.42. The summed E-state index contributed by atoms with van der Waals surface area (Å²) in [6.45, 7) is 5.09. The van der Waals surface area contributed by atoms with Gasteiger partial charge in [0.25, 0.3) is 0 Å². The van der Waals surface area contributed by atoms with Crippen LogP contribution in [0.5, 0.6) is 0 Å². The zero-order chi connectivity index (χ0) is 19.2. The van der Waals surface area contributed by atoms with Gasteiger partial charge in [-0.05, 0) is 48.1 Å². The molecule has 7 nitrogen and oxygen atoms in total. The van der Waals surface area contributed by atoms with Crippen LogP contribution in [0.25, 0.3) is 0 Å². The van der Waals surface area contributed by atoms with Gasteiger partial charge in [0, 0.05) is 19.1 Å². The van der Waals surface area contributed by atoms with Gasteiger partial charge in [-0.2, -0.15) is 4.68 Å². The highest BCUT2D eigenvalue weighted by molar-refractivity contribution is 5.75. The topological polar surface area (TPSA) is 73.0 Å². The van der Waals surface area contributed by atoms with Crippen LogP contribution in [-0.4, -0.2) is 43.3 Å². The monoisotopic (exact) mass is 371 g/mol. The van der Waals surface area contributed by atoms with Crippen LogP contribution in [0.3, 0.4) is 0 Å². The van der Waals surface area contributed by atoms with Crippen molar-refractivity contribution in [1.82, 2.24) is 24.7 Å². The third-order valence-corrected chi connectivity index (χ3v) is 5.56. The van der Waals surface area contributed by atoms with Gasteiger partial charge in [-0.25, -0.2) is 9.59 Å². The molecule has 0 bridgehead atoms. The van der Waals surface area contributed by atoms with Gasteiger partial charge < -0.3 is 4.90 Å². The molecule has 0 N–H and O–H groups in total. The number of aryl methyl sites for hydroxylation is 1. The number of nitrogens with zero attached hydrogens (tertiary/aromatic N) is 5. The van der Waals surface area contributed by atoms with Crippen LogP contribution in [0.2, 0.25) is 0 Å². The molecule has 1 saturated carbocycles. The number of aromatic nitrogens is 4. The van der Waals surface area contributed by atoms with Gasteiger partial charge in [-0.3, -0.25) is 0 Å². The minimum atomic E-state index is -0.450. The van der Waals surface area contributed by atoms with Gasteiger partial charge in [0.2, 0.25) is 0 Å². The predicted octanol–water partition coefficient (Wildman–Crippen LogP) is 3.26. The van der Waals surface area contributed by atoms with Gasteiger partial charge in [-0.1, -0.05) is 56.5 Å². The minimum Gasteiger partial charge on any atom is -0.320 e. The van der Waals surface area contributed by atoms with Gasteiger partial charge >= 0.3 is 11.7 Å². The normalized spacial score (nSPS) is 16.2. The number of amides is 1. The summed E-state index contributed by atoms with van der Waals surface area (Å²) in [5.41, 5.74) is 0.776. The average molecular weight is 371 g/mol. The molecule has 3 rings (SSSR count). The predicted molar refractivity (Wildman–Crippen MR) is 104 cm³/mol. The van der Waals surface area contributed by atoms with Crippen LogP contribution < -0.4 is 5.69 Å². The van der Waals surface area contributed by atoms with Crippen molar-refractivity contribution in [3.8, 4) is 0 Å². The second-order valence-corrected chi connectivity index (χ2v) is 7.36. The van der Waals surface area contributed by atoms with E-state index in [9.17, 15) is 9.59 Å². The van der Waals surface area contributed by atoms with Crippen molar-refractivity contribution in [3.05, 3.63) is 46.4 Å². The van der Waals surface area contributed by atoms with E-state index in [-0.39, 0.29) is 12.1 Å². The molecule has 146 valence electrons. The van der Waals surface area contributed by atoms with E-state index in [0.717, 1.165) is 36.8 Å². The van der Waals surface area contributed by atoms with E-state index in [1.807, 2.05) is 25.1 Å². The Labute approximate surface area is 160 Å². The van der Waals surface area contributed by atoms with E-state index in [0.29, 0.717) is 19.0 Å². The molecule has 7 heteroatoms. The Morgan fingerprint density at radius 2 is 1.89 bits per heavy atom. The average Bonchev–Trinajstić information content (AvgIpc) is 3.08. The SMILES string of the molecule is CCN(C(=O)n1nnn(CCC(C)c2ccccc2)c1=O)C1CCCCC1. The summed E-state index contributed by atoms with van der Waals surface area (Å²) in [6, 6.07) is 10.0. The number of benzene rings is 1. The second-order valence-electron chi connectivity index (χ2n) is 7.36. The molecule has 1 aliphatic carbocycles. The summed E-state index contributed by atoms with van der Waals surface area (Å²) < 4.78 is 2.22. The fourth-order valence-electron chi connectivity index (χ4n) is 3.86. The first-order valence-corrected chi connectivity index (χ1v) is 10.0. The number of hydrogen-bond donors (Lipinski definition) is 0.